The zero-order valence-electron chi connectivity index (χ0n) is 9.92. The zero-order valence-corrected chi connectivity index (χ0v) is 9.92. The van der Waals surface area contributed by atoms with Crippen molar-refractivity contribution in [2.45, 2.75) is 13.0 Å². The smallest absolute Gasteiger partial charge is 0.119 e. The van der Waals surface area contributed by atoms with Gasteiger partial charge in [0.15, 0.2) is 0 Å². The van der Waals surface area contributed by atoms with Gasteiger partial charge in [0.05, 0.1) is 7.11 Å². The molecule has 0 amide bonds. The van der Waals surface area contributed by atoms with Crippen molar-refractivity contribution in [2.75, 3.05) is 7.11 Å². The number of aryl methyl sites for hydroxylation is 1. The number of nitrogens with zero attached hydrogens (tertiary/aromatic N) is 1. The third-order valence-electron chi connectivity index (χ3n) is 2.65. The highest BCUT2D eigenvalue weighted by molar-refractivity contribution is 5.35. The van der Waals surface area contributed by atoms with Gasteiger partial charge in [-0.1, -0.05) is 12.1 Å². The molecule has 1 unspecified atom stereocenters. The second kappa shape index (κ2) is 4.97. The Morgan fingerprint density at radius 2 is 1.94 bits per heavy atom. The van der Waals surface area contributed by atoms with Crippen molar-refractivity contribution in [3.05, 3.63) is 59.4 Å². The van der Waals surface area contributed by atoms with Gasteiger partial charge >= 0.3 is 0 Å². The molecule has 17 heavy (non-hydrogen) atoms. The second-order valence-corrected chi connectivity index (χ2v) is 3.91. The van der Waals surface area contributed by atoms with Gasteiger partial charge in [0.25, 0.3) is 0 Å². The van der Waals surface area contributed by atoms with E-state index in [0.717, 1.165) is 22.6 Å². The van der Waals surface area contributed by atoms with Crippen molar-refractivity contribution >= 4 is 0 Å². The molecule has 0 saturated carbocycles. The standard InChI is InChI=1S/C14H15NO2/c1-10-8-12(6-7-15-10)14(16)11-4-3-5-13(9-11)17-2/h3-9,14,16H,1-2H3. The molecule has 1 atom stereocenters. The summed E-state index contributed by atoms with van der Waals surface area (Å²) in [7, 11) is 1.61. The first-order valence-corrected chi connectivity index (χ1v) is 5.45. The van der Waals surface area contributed by atoms with Crippen molar-refractivity contribution < 1.29 is 9.84 Å². The van der Waals surface area contributed by atoms with Crippen LogP contribution in [0.2, 0.25) is 0 Å². The van der Waals surface area contributed by atoms with Gasteiger partial charge in [-0.3, -0.25) is 4.98 Å². The Morgan fingerprint density at radius 1 is 1.18 bits per heavy atom. The highest BCUT2D eigenvalue weighted by atomic mass is 16.5. The average Bonchev–Trinajstić information content (AvgIpc) is 2.38. The Kier molecular flexibility index (Phi) is 3.40. The number of aliphatic hydroxyl groups excluding tert-OH is 1. The molecule has 0 aliphatic carbocycles. The summed E-state index contributed by atoms with van der Waals surface area (Å²) in [6.45, 7) is 1.90. The number of hydrogen-bond acceptors (Lipinski definition) is 3. The van der Waals surface area contributed by atoms with Crippen LogP contribution in [-0.4, -0.2) is 17.2 Å². The Bertz CT molecular complexity index is 511. The largest absolute Gasteiger partial charge is 0.497 e. The van der Waals surface area contributed by atoms with Crippen LogP contribution in [0.3, 0.4) is 0 Å². The highest BCUT2D eigenvalue weighted by Crippen LogP contribution is 2.24. The molecule has 0 aliphatic heterocycles. The lowest BCUT2D eigenvalue weighted by Gasteiger charge is -2.12. The fraction of sp³-hybridized carbons (Fsp3) is 0.214. The van der Waals surface area contributed by atoms with Crippen molar-refractivity contribution in [2.24, 2.45) is 0 Å². The maximum absolute atomic E-state index is 10.3. The van der Waals surface area contributed by atoms with E-state index in [9.17, 15) is 5.11 Å². The molecule has 0 bridgehead atoms. The summed E-state index contributed by atoms with van der Waals surface area (Å²) in [6.07, 6.45) is 1.06. The van der Waals surface area contributed by atoms with E-state index >= 15 is 0 Å². The van der Waals surface area contributed by atoms with Crippen LogP contribution < -0.4 is 4.74 Å². The average molecular weight is 229 g/mol. The van der Waals surface area contributed by atoms with Gasteiger partial charge in [0, 0.05) is 11.9 Å². The van der Waals surface area contributed by atoms with E-state index in [2.05, 4.69) is 4.98 Å². The molecular weight excluding hydrogens is 214 g/mol. The first-order chi connectivity index (χ1) is 8.20. The predicted octanol–water partition coefficient (Wildman–Crippen LogP) is 2.48. The van der Waals surface area contributed by atoms with E-state index in [1.165, 1.54) is 0 Å². The summed E-state index contributed by atoms with van der Waals surface area (Å²) in [5.74, 6) is 0.743. The molecule has 1 aromatic carbocycles. The topological polar surface area (TPSA) is 42.4 Å². The maximum atomic E-state index is 10.3. The van der Waals surface area contributed by atoms with Crippen LogP contribution in [0.15, 0.2) is 42.6 Å². The molecule has 0 fully saturated rings. The third-order valence-corrected chi connectivity index (χ3v) is 2.65. The molecule has 0 spiro atoms. The lowest BCUT2D eigenvalue weighted by atomic mass is 10.0. The number of ether oxygens (including phenoxy) is 1. The SMILES string of the molecule is COc1cccc(C(O)c2ccnc(C)c2)c1. The van der Waals surface area contributed by atoms with Gasteiger partial charge in [0.2, 0.25) is 0 Å². The molecule has 0 saturated heterocycles. The fourth-order valence-corrected chi connectivity index (χ4v) is 1.74. The molecule has 0 aliphatic rings. The molecule has 2 rings (SSSR count). The lowest BCUT2D eigenvalue weighted by Crippen LogP contribution is -2.00. The summed E-state index contributed by atoms with van der Waals surface area (Å²) >= 11 is 0. The number of methoxy groups -OCH3 is 1. The van der Waals surface area contributed by atoms with E-state index in [1.54, 1.807) is 13.3 Å². The summed E-state index contributed by atoms with van der Waals surface area (Å²) in [5.41, 5.74) is 2.55. The van der Waals surface area contributed by atoms with Crippen molar-refractivity contribution in [3.63, 3.8) is 0 Å². The van der Waals surface area contributed by atoms with Crippen LogP contribution >= 0.6 is 0 Å². The van der Waals surface area contributed by atoms with Crippen molar-refractivity contribution in [1.29, 1.82) is 0 Å². The number of pyridine rings is 1. The Balaban J connectivity index is 2.33. The summed E-state index contributed by atoms with van der Waals surface area (Å²) in [5, 5.41) is 10.3. The van der Waals surface area contributed by atoms with E-state index in [0.29, 0.717) is 0 Å². The molecule has 1 aromatic heterocycles. The van der Waals surface area contributed by atoms with Crippen LogP contribution in [0.25, 0.3) is 0 Å². The van der Waals surface area contributed by atoms with Gasteiger partial charge < -0.3 is 9.84 Å². The minimum Gasteiger partial charge on any atom is -0.497 e. The van der Waals surface area contributed by atoms with Gasteiger partial charge in [-0.2, -0.15) is 0 Å². The van der Waals surface area contributed by atoms with Crippen LogP contribution in [0.4, 0.5) is 0 Å². The molecule has 3 nitrogen and oxygen atoms in total. The monoisotopic (exact) mass is 229 g/mol. The second-order valence-electron chi connectivity index (χ2n) is 3.91. The van der Waals surface area contributed by atoms with E-state index < -0.39 is 6.10 Å². The Morgan fingerprint density at radius 3 is 2.65 bits per heavy atom. The van der Waals surface area contributed by atoms with Crippen molar-refractivity contribution in [1.82, 2.24) is 4.98 Å². The third kappa shape index (κ3) is 2.63. The Labute approximate surface area is 101 Å². The molecule has 0 radical (unpaired) electrons. The number of hydrogen-bond donors (Lipinski definition) is 1. The first kappa shape index (κ1) is 11.6. The first-order valence-electron chi connectivity index (χ1n) is 5.45. The van der Waals surface area contributed by atoms with Crippen molar-refractivity contribution in [3.8, 4) is 5.75 Å². The zero-order chi connectivity index (χ0) is 12.3. The van der Waals surface area contributed by atoms with Gasteiger partial charge in [-0.15, -0.1) is 0 Å². The van der Waals surface area contributed by atoms with Crippen LogP contribution in [0.1, 0.15) is 22.9 Å². The number of benzene rings is 1. The van der Waals surface area contributed by atoms with E-state index in [1.807, 2.05) is 43.3 Å². The number of aromatic nitrogens is 1. The fourth-order valence-electron chi connectivity index (χ4n) is 1.74. The molecule has 88 valence electrons. The maximum Gasteiger partial charge on any atom is 0.119 e. The normalized spacial score (nSPS) is 12.2. The summed E-state index contributed by atoms with van der Waals surface area (Å²) < 4.78 is 5.14. The number of rotatable bonds is 3. The van der Waals surface area contributed by atoms with E-state index in [4.69, 9.17) is 4.74 Å². The molecule has 1 heterocycles. The minimum atomic E-state index is -0.646. The van der Waals surface area contributed by atoms with E-state index in [-0.39, 0.29) is 0 Å². The van der Waals surface area contributed by atoms with Crippen LogP contribution in [0, 0.1) is 6.92 Å². The predicted molar refractivity (Wildman–Crippen MR) is 66.0 cm³/mol. The Hall–Kier alpha value is -1.87. The van der Waals surface area contributed by atoms with Gasteiger partial charge in [0.1, 0.15) is 11.9 Å². The van der Waals surface area contributed by atoms with Crippen LogP contribution in [-0.2, 0) is 0 Å². The summed E-state index contributed by atoms with van der Waals surface area (Å²) in [6, 6.07) is 11.1. The number of aliphatic hydroxyl groups is 1. The minimum absolute atomic E-state index is 0.646. The molecule has 2 aromatic rings. The van der Waals surface area contributed by atoms with Gasteiger partial charge in [-0.25, -0.2) is 0 Å². The highest BCUT2D eigenvalue weighted by Gasteiger charge is 2.11. The molecule has 1 N–H and O–H groups in total. The molecule has 3 heteroatoms. The molecular formula is C14H15NO2. The quantitative estimate of drug-likeness (QED) is 0.879. The lowest BCUT2D eigenvalue weighted by molar-refractivity contribution is 0.219. The summed E-state index contributed by atoms with van der Waals surface area (Å²) in [4.78, 5) is 4.11. The van der Waals surface area contributed by atoms with Gasteiger partial charge in [-0.05, 0) is 42.3 Å². The van der Waals surface area contributed by atoms with Crippen LogP contribution in [0.5, 0.6) is 5.75 Å².